The van der Waals surface area contributed by atoms with Gasteiger partial charge in [-0.15, -0.1) is 13.2 Å². The summed E-state index contributed by atoms with van der Waals surface area (Å²) in [5, 5.41) is 19.2. The zero-order valence-corrected chi connectivity index (χ0v) is 20.1. The number of carboxylic acids is 2. The first kappa shape index (κ1) is 28.8. The molecule has 2 heterocycles. The quantitative estimate of drug-likeness (QED) is 0.167. The number of hydrogen-bond donors (Lipinski definition) is 3. The smallest absolute Gasteiger partial charge is 0.479 e. The zero-order valence-electron chi connectivity index (χ0n) is 19.4. The van der Waals surface area contributed by atoms with E-state index in [0.717, 1.165) is 36.2 Å². The average Bonchev–Trinajstić information content (AvgIpc) is 3.23. The summed E-state index contributed by atoms with van der Waals surface area (Å²) in [5.74, 6) is -4.66. The molecule has 2 unspecified atom stereocenters. The first-order chi connectivity index (χ1) is 17.8. The molecule has 0 bridgehead atoms. The maximum Gasteiger partial charge on any atom is 0.573 e. The van der Waals surface area contributed by atoms with Crippen LogP contribution >= 0.6 is 11.6 Å². The summed E-state index contributed by atoms with van der Waals surface area (Å²) in [4.78, 5) is 35.6. The number of aromatic nitrogens is 4. The van der Waals surface area contributed by atoms with E-state index in [4.69, 9.17) is 26.8 Å². The Labute approximate surface area is 215 Å². The van der Waals surface area contributed by atoms with E-state index < -0.39 is 61.5 Å². The van der Waals surface area contributed by atoms with Gasteiger partial charge in [0.25, 0.3) is 5.60 Å². The molecule has 0 aliphatic carbocycles. The van der Waals surface area contributed by atoms with Gasteiger partial charge in [-0.05, 0) is 29.3 Å². The van der Waals surface area contributed by atoms with E-state index in [2.05, 4.69) is 19.7 Å². The fourth-order valence-corrected chi connectivity index (χ4v) is 3.64. The van der Waals surface area contributed by atoms with E-state index in [1.807, 2.05) is 0 Å². The number of halogens is 5. The lowest BCUT2D eigenvalue weighted by Gasteiger charge is -2.28. The van der Waals surface area contributed by atoms with Crippen molar-refractivity contribution < 1.29 is 51.6 Å². The molecule has 0 amide bonds. The van der Waals surface area contributed by atoms with Crippen molar-refractivity contribution in [1.29, 1.82) is 0 Å². The Kier molecular flexibility index (Phi) is 8.58. The Balaban J connectivity index is 1.79. The number of nitrogens with two attached hydrogens (primary N) is 1. The summed E-state index contributed by atoms with van der Waals surface area (Å²) in [5.41, 5.74) is 2.65. The van der Waals surface area contributed by atoms with Crippen LogP contribution in [0.15, 0.2) is 30.6 Å². The monoisotopic (exact) mass is 565 g/mol. The molecule has 2 atom stereocenters. The van der Waals surface area contributed by atoms with E-state index in [-0.39, 0.29) is 27.8 Å². The van der Waals surface area contributed by atoms with E-state index >= 15 is 4.39 Å². The molecule has 1 aromatic carbocycles. The van der Waals surface area contributed by atoms with Gasteiger partial charge >= 0.3 is 18.3 Å². The number of rotatable bonds is 12. The number of nitrogen functional groups attached to an aromatic ring is 1. The highest BCUT2D eigenvalue weighted by Gasteiger charge is 2.49. The number of imidazole rings is 1. The second-order valence-corrected chi connectivity index (χ2v) is 8.19. The Bertz CT molecular complexity index is 1310. The summed E-state index contributed by atoms with van der Waals surface area (Å²) in [6.45, 7) is -0.723. The maximum atomic E-state index is 15.2. The van der Waals surface area contributed by atoms with Crippen molar-refractivity contribution in [3.05, 3.63) is 41.4 Å². The number of benzene rings is 1. The van der Waals surface area contributed by atoms with Crippen LogP contribution in [0.4, 0.5) is 23.4 Å². The SMILES string of the molecule is COC(COC(Cc1cccc(OC(F)(F)F)c1)(C(=O)O)C(=O)O)CC(F)n1cnc2c(N)nc(Cl)nc21. The minimum Gasteiger partial charge on any atom is -0.479 e. The van der Waals surface area contributed by atoms with Crippen LogP contribution in [0.1, 0.15) is 18.3 Å². The van der Waals surface area contributed by atoms with E-state index in [0.29, 0.717) is 0 Å². The van der Waals surface area contributed by atoms with Crippen molar-refractivity contribution in [3.8, 4) is 5.75 Å². The number of alkyl halides is 4. The predicted molar refractivity (Wildman–Crippen MR) is 121 cm³/mol. The molecule has 17 heteroatoms. The number of nitrogens with zero attached hydrogens (tertiary/aromatic N) is 4. The normalized spacial score (nSPS) is 13.8. The number of fused-ring (bicyclic) bond motifs is 1. The average molecular weight is 566 g/mol. The number of carbonyl (C=O) groups is 2. The van der Waals surface area contributed by atoms with Crippen molar-refractivity contribution in [1.82, 2.24) is 19.5 Å². The van der Waals surface area contributed by atoms with Crippen LogP contribution in [0.3, 0.4) is 0 Å². The number of carboxylic acid groups (broad SMARTS) is 2. The number of anilines is 1. The third kappa shape index (κ3) is 6.56. The number of aliphatic carboxylic acids is 2. The van der Waals surface area contributed by atoms with Crippen LogP contribution in [0.25, 0.3) is 11.2 Å². The van der Waals surface area contributed by atoms with Crippen molar-refractivity contribution in [2.75, 3.05) is 19.5 Å². The maximum absolute atomic E-state index is 15.2. The summed E-state index contributed by atoms with van der Waals surface area (Å²) < 4.78 is 67.9. The van der Waals surface area contributed by atoms with Crippen LogP contribution in [-0.4, -0.2) is 73.5 Å². The number of ether oxygens (including phenoxy) is 3. The molecule has 3 rings (SSSR count). The van der Waals surface area contributed by atoms with Gasteiger partial charge in [-0.25, -0.2) is 19.0 Å². The first-order valence-electron chi connectivity index (χ1n) is 10.5. The highest BCUT2D eigenvalue weighted by molar-refractivity contribution is 6.28. The van der Waals surface area contributed by atoms with Crippen LogP contribution in [0.2, 0.25) is 5.28 Å². The molecule has 0 saturated carbocycles. The molecule has 0 aliphatic heterocycles. The summed E-state index contributed by atoms with van der Waals surface area (Å²) in [6.07, 6.45) is -8.37. The minimum atomic E-state index is -5.02. The van der Waals surface area contributed by atoms with Gasteiger partial charge in [0.05, 0.1) is 19.0 Å². The van der Waals surface area contributed by atoms with E-state index in [9.17, 15) is 33.0 Å². The molecule has 206 valence electrons. The second-order valence-electron chi connectivity index (χ2n) is 7.85. The van der Waals surface area contributed by atoms with Crippen LogP contribution in [0, 0.1) is 0 Å². The molecular formula is C21H20ClF4N5O7. The van der Waals surface area contributed by atoms with Gasteiger partial charge in [0.1, 0.15) is 11.3 Å². The first-order valence-corrected chi connectivity index (χ1v) is 10.9. The van der Waals surface area contributed by atoms with Crippen molar-refractivity contribution in [2.45, 2.75) is 37.2 Å². The Morgan fingerprint density at radius 3 is 2.50 bits per heavy atom. The Morgan fingerprint density at radius 2 is 1.89 bits per heavy atom. The molecule has 2 aromatic heterocycles. The van der Waals surface area contributed by atoms with Gasteiger partial charge in [0.15, 0.2) is 17.8 Å². The standard InChI is InChI=1S/C21H20ClF4N5O7/c1-36-12(6-13(23)31-9-28-14-15(27)29-19(22)30-16(14)31)8-37-20(17(32)33,18(34)35)7-10-3-2-4-11(5-10)38-21(24,25)26/h2-5,9,12-13H,6-8H2,1H3,(H,32,33)(H,34,35)(H2,27,29,30). The van der Waals surface area contributed by atoms with Gasteiger partial charge in [0.2, 0.25) is 5.28 Å². The van der Waals surface area contributed by atoms with Gasteiger partial charge < -0.3 is 30.2 Å². The Morgan fingerprint density at radius 1 is 1.21 bits per heavy atom. The lowest BCUT2D eigenvalue weighted by molar-refractivity contribution is -0.274. The minimum absolute atomic E-state index is 0.0304. The molecular weight excluding hydrogens is 546 g/mol. The zero-order chi connectivity index (χ0) is 28.3. The third-order valence-electron chi connectivity index (χ3n) is 5.31. The molecule has 4 N–H and O–H groups in total. The second kappa shape index (κ2) is 11.3. The molecule has 12 nitrogen and oxygen atoms in total. The highest BCUT2D eigenvalue weighted by atomic mass is 35.5. The predicted octanol–water partition coefficient (Wildman–Crippen LogP) is 3.00. The van der Waals surface area contributed by atoms with E-state index in [1.165, 1.54) is 6.07 Å². The molecule has 38 heavy (non-hydrogen) atoms. The number of hydrogen-bond acceptors (Lipinski definition) is 9. The van der Waals surface area contributed by atoms with Crippen LogP contribution < -0.4 is 10.5 Å². The van der Waals surface area contributed by atoms with Crippen molar-refractivity contribution >= 4 is 40.5 Å². The summed E-state index contributed by atoms with van der Waals surface area (Å²) >= 11 is 5.77. The van der Waals surface area contributed by atoms with Crippen molar-refractivity contribution in [2.24, 2.45) is 0 Å². The van der Waals surface area contributed by atoms with Crippen LogP contribution in [0.5, 0.6) is 5.75 Å². The third-order valence-corrected chi connectivity index (χ3v) is 5.47. The fraction of sp³-hybridized carbons (Fsp3) is 0.381. The molecule has 0 spiro atoms. The van der Waals surface area contributed by atoms with E-state index in [1.54, 1.807) is 0 Å². The Hall–Kier alpha value is -3.76. The molecule has 0 fully saturated rings. The van der Waals surface area contributed by atoms with Gasteiger partial charge in [-0.1, -0.05) is 12.1 Å². The topological polar surface area (TPSA) is 172 Å². The largest absolute Gasteiger partial charge is 0.573 e. The van der Waals surface area contributed by atoms with Crippen molar-refractivity contribution in [3.63, 3.8) is 0 Å². The summed E-state index contributed by atoms with van der Waals surface area (Å²) in [6, 6.07) is 4.09. The number of methoxy groups -OCH3 is 1. The molecule has 3 aromatic rings. The highest BCUT2D eigenvalue weighted by Crippen LogP contribution is 2.29. The fourth-order valence-electron chi connectivity index (χ4n) is 3.47. The lowest BCUT2D eigenvalue weighted by Crippen LogP contribution is -2.52. The van der Waals surface area contributed by atoms with Crippen LogP contribution in [-0.2, 0) is 25.5 Å². The molecule has 0 radical (unpaired) electrons. The molecule has 0 aliphatic rings. The summed E-state index contributed by atoms with van der Waals surface area (Å²) in [7, 11) is 1.16. The van der Waals surface area contributed by atoms with Gasteiger partial charge in [-0.2, -0.15) is 9.97 Å². The van der Waals surface area contributed by atoms with Gasteiger partial charge in [-0.3, -0.25) is 4.57 Å². The lowest BCUT2D eigenvalue weighted by atomic mass is 9.94. The molecule has 0 saturated heterocycles. The van der Waals surface area contributed by atoms with Gasteiger partial charge in [0, 0.05) is 20.0 Å².